The van der Waals surface area contributed by atoms with E-state index in [4.69, 9.17) is 4.42 Å². The zero-order chi connectivity index (χ0) is 17.6. The fourth-order valence-electron chi connectivity index (χ4n) is 3.36. The predicted octanol–water partition coefficient (Wildman–Crippen LogP) is 3.24. The van der Waals surface area contributed by atoms with Crippen LogP contribution in [0.3, 0.4) is 0 Å². The summed E-state index contributed by atoms with van der Waals surface area (Å²) in [6, 6.07) is 11.7. The van der Waals surface area contributed by atoms with Crippen LogP contribution >= 0.6 is 0 Å². The average molecular weight is 340 g/mol. The highest BCUT2D eigenvalue weighted by Gasteiger charge is 2.25. The summed E-state index contributed by atoms with van der Waals surface area (Å²) in [5.74, 6) is 0.136. The molecule has 1 heterocycles. The Labute approximate surface area is 147 Å². The van der Waals surface area contributed by atoms with Crippen LogP contribution in [0.4, 0.5) is 0 Å². The van der Waals surface area contributed by atoms with Crippen molar-refractivity contribution in [2.75, 3.05) is 0 Å². The van der Waals surface area contributed by atoms with E-state index in [-0.39, 0.29) is 17.9 Å². The molecular weight excluding hydrogens is 316 g/mol. The van der Waals surface area contributed by atoms with Crippen LogP contribution in [0.15, 0.2) is 53.3 Å². The molecule has 3 rings (SSSR count). The maximum atomic E-state index is 12.3. The van der Waals surface area contributed by atoms with Crippen molar-refractivity contribution in [3.05, 3.63) is 60.1 Å². The third-order valence-corrected chi connectivity index (χ3v) is 4.87. The summed E-state index contributed by atoms with van der Waals surface area (Å²) in [5, 5.41) is 5.76. The Hall–Kier alpha value is -2.56. The predicted molar refractivity (Wildman–Crippen MR) is 95.2 cm³/mol. The lowest BCUT2D eigenvalue weighted by molar-refractivity contribution is -0.123. The van der Waals surface area contributed by atoms with Gasteiger partial charge in [-0.1, -0.05) is 30.3 Å². The summed E-state index contributed by atoms with van der Waals surface area (Å²) in [5.41, 5.74) is 1.80. The summed E-state index contributed by atoms with van der Waals surface area (Å²) in [7, 11) is 0. The van der Waals surface area contributed by atoms with Gasteiger partial charge in [0.1, 0.15) is 12.3 Å². The number of rotatable bonds is 5. The van der Waals surface area contributed by atoms with Crippen LogP contribution < -0.4 is 10.6 Å². The Balaban J connectivity index is 1.45. The largest absolute Gasteiger partial charge is 0.472 e. The van der Waals surface area contributed by atoms with Crippen molar-refractivity contribution in [3.8, 4) is 0 Å². The van der Waals surface area contributed by atoms with Gasteiger partial charge in [0.05, 0.1) is 11.8 Å². The standard InChI is InChI=1S/C20H24N2O3/c1-14(21-20(24)17-11-12-25-13-17)19(23)22-18-9-7-16(8-10-18)15-5-3-2-4-6-15/h2-6,11-14,16,18H,7-10H2,1H3,(H,21,24)(H,22,23)/t14-,16?,18?/m0/s1. The normalized spacial score (nSPS) is 21.3. The minimum absolute atomic E-state index is 0.139. The molecule has 0 aliphatic heterocycles. The number of carbonyl (C=O) groups excluding carboxylic acids is 2. The number of furan rings is 1. The van der Waals surface area contributed by atoms with Crippen molar-refractivity contribution in [3.63, 3.8) is 0 Å². The smallest absolute Gasteiger partial charge is 0.255 e. The van der Waals surface area contributed by atoms with E-state index in [0.29, 0.717) is 11.5 Å². The highest BCUT2D eigenvalue weighted by molar-refractivity contribution is 5.97. The van der Waals surface area contributed by atoms with E-state index in [9.17, 15) is 9.59 Å². The molecule has 25 heavy (non-hydrogen) atoms. The summed E-state index contributed by atoms with van der Waals surface area (Å²) >= 11 is 0. The second-order valence-electron chi connectivity index (χ2n) is 6.67. The topological polar surface area (TPSA) is 71.3 Å². The quantitative estimate of drug-likeness (QED) is 0.878. The van der Waals surface area contributed by atoms with E-state index in [1.165, 1.54) is 18.1 Å². The Morgan fingerprint density at radius 1 is 1.08 bits per heavy atom. The molecule has 0 saturated heterocycles. The van der Waals surface area contributed by atoms with Gasteiger partial charge < -0.3 is 15.1 Å². The highest BCUT2D eigenvalue weighted by atomic mass is 16.3. The van der Waals surface area contributed by atoms with E-state index in [1.807, 2.05) is 6.07 Å². The van der Waals surface area contributed by atoms with E-state index in [0.717, 1.165) is 25.7 Å². The minimum Gasteiger partial charge on any atom is -0.472 e. The fraction of sp³-hybridized carbons (Fsp3) is 0.400. The van der Waals surface area contributed by atoms with Crippen LogP contribution in [0.5, 0.6) is 0 Å². The first-order valence-electron chi connectivity index (χ1n) is 8.82. The van der Waals surface area contributed by atoms with Crippen LogP contribution in [0.1, 0.15) is 54.4 Å². The van der Waals surface area contributed by atoms with Crippen molar-refractivity contribution in [1.82, 2.24) is 10.6 Å². The molecular formula is C20H24N2O3. The van der Waals surface area contributed by atoms with Gasteiger partial charge in [0, 0.05) is 6.04 Å². The number of hydrogen-bond acceptors (Lipinski definition) is 3. The second kappa shape index (κ2) is 8.01. The van der Waals surface area contributed by atoms with Crippen LogP contribution in [0.25, 0.3) is 0 Å². The first-order valence-corrected chi connectivity index (χ1v) is 8.82. The van der Waals surface area contributed by atoms with Gasteiger partial charge >= 0.3 is 0 Å². The van der Waals surface area contributed by atoms with Crippen molar-refractivity contribution >= 4 is 11.8 Å². The van der Waals surface area contributed by atoms with Gasteiger partial charge in [0.25, 0.3) is 5.91 Å². The molecule has 1 fully saturated rings. The molecule has 1 aliphatic rings. The molecule has 1 aliphatic carbocycles. The molecule has 1 aromatic heterocycles. The Morgan fingerprint density at radius 3 is 2.44 bits per heavy atom. The maximum Gasteiger partial charge on any atom is 0.255 e. The monoisotopic (exact) mass is 340 g/mol. The second-order valence-corrected chi connectivity index (χ2v) is 6.67. The molecule has 2 amide bonds. The van der Waals surface area contributed by atoms with Crippen molar-refractivity contribution in [2.24, 2.45) is 0 Å². The lowest BCUT2D eigenvalue weighted by Gasteiger charge is -2.30. The first-order chi connectivity index (χ1) is 12.1. The number of nitrogens with one attached hydrogen (secondary N) is 2. The molecule has 0 unspecified atom stereocenters. The number of amides is 2. The Bertz CT molecular complexity index is 689. The highest BCUT2D eigenvalue weighted by Crippen LogP contribution is 2.32. The Morgan fingerprint density at radius 2 is 1.80 bits per heavy atom. The van der Waals surface area contributed by atoms with Gasteiger partial charge in [-0.05, 0) is 50.2 Å². The molecule has 5 heteroatoms. The number of benzene rings is 1. The SMILES string of the molecule is C[C@H](NC(=O)c1ccoc1)C(=O)NC1CCC(c2ccccc2)CC1. The molecule has 1 atom stereocenters. The zero-order valence-corrected chi connectivity index (χ0v) is 14.4. The molecule has 0 bridgehead atoms. The fourth-order valence-corrected chi connectivity index (χ4v) is 3.36. The van der Waals surface area contributed by atoms with Gasteiger partial charge in [-0.3, -0.25) is 9.59 Å². The molecule has 2 aromatic rings. The van der Waals surface area contributed by atoms with E-state index < -0.39 is 6.04 Å². The van der Waals surface area contributed by atoms with E-state index in [1.54, 1.807) is 13.0 Å². The van der Waals surface area contributed by atoms with Gasteiger partial charge in [-0.25, -0.2) is 0 Å². The van der Waals surface area contributed by atoms with Crippen molar-refractivity contribution < 1.29 is 14.0 Å². The lowest BCUT2D eigenvalue weighted by atomic mass is 9.82. The van der Waals surface area contributed by atoms with Crippen molar-refractivity contribution in [2.45, 2.75) is 50.6 Å². The maximum absolute atomic E-state index is 12.3. The first kappa shape index (κ1) is 17.3. The van der Waals surface area contributed by atoms with Crippen LogP contribution in [0, 0.1) is 0 Å². The minimum atomic E-state index is -0.575. The Kier molecular flexibility index (Phi) is 5.53. The van der Waals surface area contributed by atoms with Crippen LogP contribution in [-0.4, -0.2) is 23.9 Å². The molecule has 132 valence electrons. The van der Waals surface area contributed by atoms with Gasteiger partial charge in [0.2, 0.25) is 5.91 Å². The summed E-state index contributed by atoms with van der Waals surface area (Å²) in [6.45, 7) is 1.70. The lowest BCUT2D eigenvalue weighted by Crippen LogP contribution is -2.48. The molecule has 0 spiro atoms. The third kappa shape index (κ3) is 4.50. The molecule has 0 radical (unpaired) electrons. The van der Waals surface area contributed by atoms with Crippen molar-refractivity contribution in [1.29, 1.82) is 0 Å². The molecule has 2 N–H and O–H groups in total. The third-order valence-electron chi connectivity index (χ3n) is 4.87. The van der Waals surface area contributed by atoms with Gasteiger partial charge in [0.15, 0.2) is 0 Å². The molecule has 1 saturated carbocycles. The van der Waals surface area contributed by atoms with E-state index in [2.05, 4.69) is 34.9 Å². The average Bonchev–Trinajstić information content (AvgIpc) is 3.18. The number of carbonyl (C=O) groups is 2. The summed E-state index contributed by atoms with van der Waals surface area (Å²) in [4.78, 5) is 24.3. The van der Waals surface area contributed by atoms with Gasteiger partial charge in [-0.2, -0.15) is 0 Å². The van der Waals surface area contributed by atoms with Crippen LogP contribution in [-0.2, 0) is 4.79 Å². The van der Waals surface area contributed by atoms with Crippen LogP contribution in [0.2, 0.25) is 0 Å². The van der Waals surface area contributed by atoms with E-state index >= 15 is 0 Å². The number of hydrogen-bond donors (Lipinski definition) is 2. The molecule has 1 aromatic carbocycles. The van der Waals surface area contributed by atoms with Gasteiger partial charge in [-0.15, -0.1) is 0 Å². The summed E-state index contributed by atoms with van der Waals surface area (Å²) < 4.78 is 4.88. The molecule has 5 nitrogen and oxygen atoms in total. The zero-order valence-electron chi connectivity index (χ0n) is 14.4. The summed E-state index contributed by atoms with van der Waals surface area (Å²) in [6.07, 6.45) is 6.88.